The molecular formula is C24H23FN4O2. The van der Waals surface area contributed by atoms with Crippen molar-refractivity contribution in [2.75, 3.05) is 19.6 Å². The lowest BCUT2D eigenvalue weighted by Gasteiger charge is -2.26. The molecule has 1 aliphatic rings. The van der Waals surface area contributed by atoms with Crippen molar-refractivity contribution in [3.8, 4) is 11.3 Å². The number of benzene rings is 1. The van der Waals surface area contributed by atoms with Gasteiger partial charge in [0.15, 0.2) is 17.3 Å². The highest BCUT2D eigenvalue weighted by Crippen LogP contribution is 2.27. The van der Waals surface area contributed by atoms with E-state index >= 15 is 0 Å². The number of hydrogen-bond acceptors (Lipinski definition) is 5. The topological polar surface area (TPSA) is 63.6 Å². The fourth-order valence-electron chi connectivity index (χ4n) is 4.18. The largest absolute Gasteiger partial charge is 0.441 e. The van der Waals surface area contributed by atoms with Gasteiger partial charge in [0.25, 0.3) is 5.56 Å². The normalized spacial score (nSPS) is 15.0. The lowest BCUT2D eigenvalue weighted by atomic mass is 10.0. The van der Waals surface area contributed by atoms with E-state index < -0.39 is 5.82 Å². The van der Waals surface area contributed by atoms with Gasteiger partial charge >= 0.3 is 0 Å². The molecule has 0 fully saturated rings. The second kappa shape index (κ2) is 7.74. The van der Waals surface area contributed by atoms with Crippen LogP contribution in [0.2, 0.25) is 0 Å². The maximum absolute atomic E-state index is 14.5. The Labute approximate surface area is 178 Å². The monoisotopic (exact) mass is 418 g/mol. The van der Waals surface area contributed by atoms with Gasteiger partial charge in [0.1, 0.15) is 11.2 Å². The summed E-state index contributed by atoms with van der Waals surface area (Å²) in [4.78, 5) is 23.9. The molecule has 0 atom stereocenters. The minimum Gasteiger partial charge on any atom is -0.441 e. The summed E-state index contributed by atoms with van der Waals surface area (Å²) in [6.07, 6.45) is 6.20. The van der Waals surface area contributed by atoms with E-state index in [9.17, 15) is 9.18 Å². The van der Waals surface area contributed by atoms with Crippen molar-refractivity contribution >= 4 is 22.3 Å². The number of oxazole rings is 1. The molecule has 0 amide bonds. The predicted molar refractivity (Wildman–Crippen MR) is 118 cm³/mol. The van der Waals surface area contributed by atoms with Crippen LogP contribution in [0.25, 0.3) is 33.6 Å². The van der Waals surface area contributed by atoms with Crippen LogP contribution in [0, 0.1) is 12.7 Å². The van der Waals surface area contributed by atoms with Gasteiger partial charge in [-0.2, -0.15) is 0 Å². The van der Waals surface area contributed by atoms with Crippen LogP contribution in [0.15, 0.2) is 51.8 Å². The predicted octanol–water partition coefficient (Wildman–Crippen LogP) is 4.45. The number of nitrogens with zero attached hydrogens (tertiary/aromatic N) is 4. The number of aromatic nitrogens is 3. The van der Waals surface area contributed by atoms with E-state index in [2.05, 4.69) is 27.9 Å². The third kappa shape index (κ3) is 3.65. The van der Waals surface area contributed by atoms with Crippen LogP contribution in [0.3, 0.4) is 0 Å². The molecule has 0 saturated heterocycles. The first kappa shape index (κ1) is 19.6. The number of aryl methyl sites for hydroxylation is 1. The Morgan fingerprint density at radius 1 is 1.16 bits per heavy atom. The average Bonchev–Trinajstić information content (AvgIpc) is 3.15. The van der Waals surface area contributed by atoms with Gasteiger partial charge in [0, 0.05) is 37.8 Å². The van der Waals surface area contributed by atoms with Crippen LogP contribution in [-0.2, 0) is 0 Å². The van der Waals surface area contributed by atoms with Crippen molar-refractivity contribution in [2.24, 2.45) is 0 Å². The molecule has 0 radical (unpaired) electrons. The Morgan fingerprint density at radius 3 is 2.81 bits per heavy atom. The molecule has 0 unspecified atom stereocenters. The molecule has 0 aliphatic carbocycles. The van der Waals surface area contributed by atoms with E-state index in [-0.39, 0.29) is 11.1 Å². The zero-order valence-corrected chi connectivity index (χ0v) is 17.6. The van der Waals surface area contributed by atoms with Crippen LogP contribution in [-0.4, -0.2) is 38.9 Å². The molecular weight excluding hydrogens is 395 g/mol. The number of fused-ring (bicyclic) bond motifs is 2. The van der Waals surface area contributed by atoms with Crippen LogP contribution in [0.5, 0.6) is 0 Å². The molecule has 0 N–H and O–H groups in total. The third-order valence-electron chi connectivity index (χ3n) is 5.71. The van der Waals surface area contributed by atoms with Gasteiger partial charge in [0.05, 0.1) is 5.69 Å². The maximum atomic E-state index is 14.5. The van der Waals surface area contributed by atoms with Crippen LogP contribution in [0.4, 0.5) is 4.39 Å². The number of halogens is 1. The molecule has 0 bridgehead atoms. The van der Waals surface area contributed by atoms with E-state index in [0.29, 0.717) is 28.4 Å². The third-order valence-corrected chi connectivity index (χ3v) is 5.71. The van der Waals surface area contributed by atoms with Gasteiger partial charge in [-0.05, 0) is 54.8 Å². The molecule has 0 saturated carbocycles. The Kier molecular flexibility index (Phi) is 4.90. The van der Waals surface area contributed by atoms with Crippen molar-refractivity contribution in [2.45, 2.75) is 26.7 Å². The van der Waals surface area contributed by atoms with Gasteiger partial charge in [-0.25, -0.2) is 14.4 Å². The fourth-order valence-corrected chi connectivity index (χ4v) is 4.18. The smallest absolute Gasteiger partial charge is 0.258 e. The molecule has 3 aromatic heterocycles. The van der Waals surface area contributed by atoms with E-state index in [1.165, 1.54) is 17.7 Å². The molecule has 7 heteroatoms. The maximum Gasteiger partial charge on any atom is 0.258 e. The van der Waals surface area contributed by atoms with Gasteiger partial charge in [-0.3, -0.25) is 14.1 Å². The summed E-state index contributed by atoms with van der Waals surface area (Å²) in [5.74, 6) is -0.108. The molecule has 6 nitrogen and oxygen atoms in total. The zero-order valence-electron chi connectivity index (χ0n) is 17.6. The Bertz CT molecular complexity index is 1390. The zero-order chi connectivity index (χ0) is 21.5. The molecule has 1 aromatic carbocycles. The first-order valence-corrected chi connectivity index (χ1v) is 10.5. The molecule has 1 aliphatic heterocycles. The lowest BCUT2D eigenvalue weighted by Crippen LogP contribution is -2.29. The summed E-state index contributed by atoms with van der Waals surface area (Å²) in [6.45, 7) is 6.92. The molecule has 4 heterocycles. The molecule has 4 aromatic rings. The first-order valence-electron chi connectivity index (χ1n) is 10.5. The first-order chi connectivity index (χ1) is 15.0. The molecule has 31 heavy (non-hydrogen) atoms. The van der Waals surface area contributed by atoms with E-state index in [1.54, 1.807) is 17.4 Å². The SMILES string of the molecule is CCCN1CC=C(c2ccc3nc(-c4cc(F)c5nc(C)oc5c4)cc(=O)n3c2)CC1. The van der Waals surface area contributed by atoms with Crippen molar-refractivity contribution in [3.63, 3.8) is 0 Å². The number of rotatable bonds is 4. The van der Waals surface area contributed by atoms with Crippen molar-refractivity contribution in [3.05, 3.63) is 70.2 Å². The summed E-state index contributed by atoms with van der Waals surface area (Å²) >= 11 is 0. The fraction of sp³-hybridized carbons (Fsp3) is 0.292. The number of hydrogen-bond donors (Lipinski definition) is 0. The van der Waals surface area contributed by atoms with Gasteiger partial charge in [-0.15, -0.1) is 0 Å². The minimum atomic E-state index is -0.497. The van der Waals surface area contributed by atoms with Crippen LogP contribution in [0.1, 0.15) is 31.2 Å². The highest BCUT2D eigenvalue weighted by Gasteiger charge is 2.15. The summed E-state index contributed by atoms with van der Waals surface area (Å²) < 4.78 is 21.5. The summed E-state index contributed by atoms with van der Waals surface area (Å²) in [5, 5.41) is 0. The van der Waals surface area contributed by atoms with E-state index in [4.69, 9.17) is 4.42 Å². The van der Waals surface area contributed by atoms with E-state index in [0.717, 1.165) is 38.0 Å². The highest BCUT2D eigenvalue weighted by molar-refractivity contribution is 5.80. The number of pyridine rings is 1. The Morgan fingerprint density at radius 2 is 2.03 bits per heavy atom. The summed E-state index contributed by atoms with van der Waals surface area (Å²) in [7, 11) is 0. The molecule has 158 valence electrons. The van der Waals surface area contributed by atoms with E-state index in [1.807, 2.05) is 18.3 Å². The summed E-state index contributed by atoms with van der Waals surface area (Å²) in [5.41, 5.74) is 4.00. The second-order valence-corrected chi connectivity index (χ2v) is 7.94. The van der Waals surface area contributed by atoms with Crippen molar-refractivity contribution in [1.82, 2.24) is 19.3 Å². The molecule has 0 spiro atoms. The Hall–Kier alpha value is -3.32. The van der Waals surface area contributed by atoms with Gasteiger partial charge in [0.2, 0.25) is 0 Å². The minimum absolute atomic E-state index is 0.182. The van der Waals surface area contributed by atoms with Crippen molar-refractivity contribution in [1.29, 1.82) is 0 Å². The van der Waals surface area contributed by atoms with Crippen LogP contribution < -0.4 is 5.56 Å². The second-order valence-electron chi connectivity index (χ2n) is 7.94. The molecule has 5 rings (SSSR count). The standard InChI is InChI=1S/C24H23FN4O2/c1-3-8-28-9-6-16(7-10-28)17-4-5-22-27-20(13-23(30)29(22)14-17)18-11-19(25)24-21(12-18)31-15(2)26-24/h4-6,11-14H,3,7-10H2,1-2H3. The Balaban J connectivity index is 1.52. The average molecular weight is 418 g/mol. The van der Waals surface area contributed by atoms with Crippen LogP contribution >= 0.6 is 0 Å². The van der Waals surface area contributed by atoms with Gasteiger partial charge < -0.3 is 4.42 Å². The van der Waals surface area contributed by atoms with Gasteiger partial charge in [-0.1, -0.05) is 13.0 Å². The highest BCUT2D eigenvalue weighted by atomic mass is 19.1. The lowest BCUT2D eigenvalue weighted by molar-refractivity contribution is 0.302. The quantitative estimate of drug-likeness (QED) is 0.490. The summed E-state index contributed by atoms with van der Waals surface area (Å²) in [6, 6.07) is 8.27. The van der Waals surface area contributed by atoms with Crippen molar-refractivity contribution < 1.29 is 8.81 Å².